The molecule has 0 spiro atoms. The lowest BCUT2D eigenvalue weighted by atomic mass is 9.48. The van der Waals surface area contributed by atoms with Crippen LogP contribution in [0.5, 0.6) is 0 Å². The fourth-order valence-electron chi connectivity index (χ4n) is 1.07. The molecule has 1 heterocycles. The molecule has 17 heavy (non-hydrogen) atoms. The minimum absolute atomic E-state index is 0.157. The largest absolute Gasteiger partial charge is 0.465 e. The number of anilines is 1. The Balaban J connectivity index is 2.90. The van der Waals surface area contributed by atoms with Gasteiger partial charge in [-0.25, -0.2) is 4.79 Å². The summed E-state index contributed by atoms with van der Waals surface area (Å²) in [5, 5.41) is 1.43. The second-order valence-corrected chi connectivity index (χ2v) is 3.20. The lowest BCUT2D eigenvalue weighted by Crippen LogP contribution is -2.53. The first-order valence-corrected chi connectivity index (χ1v) is 4.70. The SMILES string of the molecule is [B]C([B])([B])N(CC(=O)OCC)c1noc(=O)[nH]1. The van der Waals surface area contributed by atoms with Crippen molar-refractivity contribution in [3.63, 3.8) is 0 Å². The zero-order valence-corrected chi connectivity index (χ0v) is 9.17. The fraction of sp³-hybridized carbons (Fsp3) is 0.571. The van der Waals surface area contributed by atoms with Gasteiger partial charge in [0.05, 0.1) is 30.1 Å². The Bertz CT molecular complexity index is 438. The normalized spacial score (nSPS) is 11.1. The van der Waals surface area contributed by atoms with Gasteiger partial charge in [-0.15, -0.1) is 0 Å². The molecule has 6 radical (unpaired) electrons. The third-order valence-electron chi connectivity index (χ3n) is 1.74. The predicted molar refractivity (Wildman–Crippen MR) is 61.1 cm³/mol. The van der Waals surface area contributed by atoms with Crippen molar-refractivity contribution in [3.8, 4) is 0 Å². The van der Waals surface area contributed by atoms with Crippen LogP contribution in [0.3, 0.4) is 0 Å². The quantitative estimate of drug-likeness (QED) is 0.458. The zero-order chi connectivity index (χ0) is 13.1. The van der Waals surface area contributed by atoms with E-state index < -0.39 is 17.0 Å². The maximum atomic E-state index is 11.3. The van der Waals surface area contributed by atoms with E-state index in [1.54, 1.807) is 6.92 Å². The van der Waals surface area contributed by atoms with E-state index in [9.17, 15) is 9.59 Å². The summed E-state index contributed by atoms with van der Waals surface area (Å²) in [6.45, 7) is 1.45. The van der Waals surface area contributed by atoms with Crippen molar-refractivity contribution in [3.05, 3.63) is 10.6 Å². The summed E-state index contributed by atoms with van der Waals surface area (Å²) in [4.78, 5) is 25.2. The highest BCUT2D eigenvalue weighted by Gasteiger charge is 2.26. The monoisotopic (exact) mass is 231 g/mol. The Hall–Kier alpha value is -1.60. The van der Waals surface area contributed by atoms with E-state index in [2.05, 4.69) is 14.7 Å². The molecular weight excluding hydrogens is 223 g/mol. The average Bonchev–Trinajstić information content (AvgIpc) is 2.59. The van der Waals surface area contributed by atoms with Crippen LogP contribution in [0.25, 0.3) is 0 Å². The van der Waals surface area contributed by atoms with Gasteiger partial charge >= 0.3 is 11.7 Å². The van der Waals surface area contributed by atoms with Crippen LogP contribution in [0.1, 0.15) is 6.92 Å². The summed E-state index contributed by atoms with van der Waals surface area (Å²) in [6, 6.07) is 0. The van der Waals surface area contributed by atoms with Crippen molar-refractivity contribution in [2.75, 3.05) is 18.1 Å². The van der Waals surface area contributed by atoms with E-state index in [0.717, 1.165) is 4.90 Å². The number of nitrogens with zero attached hydrogens (tertiary/aromatic N) is 2. The number of esters is 1. The van der Waals surface area contributed by atoms with Crippen molar-refractivity contribution in [1.29, 1.82) is 0 Å². The van der Waals surface area contributed by atoms with E-state index >= 15 is 0 Å². The van der Waals surface area contributed by atoms with E-state index in [1.165, 1.54) is 0 Å². The molecule has 0 unspecified atom stereocenters. The van der Waals surface area contributed by atoms with Gasteiger partial charge in [-0.05, 0) is 12.1 Å². The highest BCUT2D eigenvalue weighted by Crippen LogP contribution is 2.11. The Morgan fingerprint density at radius 1 is 1.59 bits per heavy atom. The Kier molecular flexibility index (Phi) is 4.09. The third kappa shape index (κ3) is 3.72. The molecule has 84 valence electrons. The molecule has 0 aromatic carbocycles. The topological polar surface area (TPSA) is 88.4 Å². The lowest BCUT2D eigenvalue weighted by Gasteiger charge is -2.35. The number of H-pyrrole nitrogens is 1. The molecule has 7 nitrogen and oxygen atoms in total. The van der Waals surface area contributed by atoms with Gasteiger partial charge in [0.15, 0.2) is 0 Å². The van der Waals surface area contributed by atoms with Crippen LogP contribution in [0.2, 0.25) is 0 Å². The summed E-state index contributed by atoms with van der Waals surface area (Å²) in [5.74, 6) is -1.60. The minimum Gasteiger partial charge on any atom is -0.465 e. The summed E-state index contributed by atoms with van der Waals surface area (Å²) in [7, 11) is 16.3. The maximum absolute atomic E-state index is 11.3. The molecule has 0 aliphatic rings. The molecule has 0 atom stereocenters. The highest BCUT2D eigenvalue weighted by molar-refractivity contribution is 6.60. The van der Waals surface area contributed by atoms with Crippen LogP contribution in [0, 0.1) is 0 Å². The predicted octanol–water partition coefficient (Wildman–Crippen LogP) is -2.15. The molecule has 10 heteroatoms. The molecule has 0 bridgehead atoms. The smallest absolute Gasteiger partial charge is 0.440 e. The van der Waals surface area contributed by atoms with Crippen molar-refractivity contribution >= 4 is 35.5 Å². The van der Waals surface area contributed by atoms with E-state index in [-0.39, 0.29) is 19.1 Å². The van der Waals surface area contributed by atoms with Crippen LogP contribution < -0.4 is 10.7 Å². The van der Waals surface area contributed by atoms with Gasteiger partial charge < -0.3 is 9.64 Å². The molecular formula is C7H8B3N3O4. The number of nitrogens with one attached hydrogen (secondary N) is 1. The van der Waals surface area contributed by atoms with Crippen LogP contribution in [-0.2, 0) is 9.53 Å². The van der Waals surface area contributed by atoms with Gasteiger partial charge in [0.1, 0.15) is 6.54 Å². The van der Waals surface area contributed by atoms with Crippen LogP contribution in [0.4, 0.5) is 5.95 Å². The van der Waals surface area contributed by atoms with Crippen LogP contribution in [0.15, 0.2) is 9.32 Å². The lowest BCUT2D eigenvalue weighted by molar-refractivity contribution is -0.141. The Morgan fingerprint density at radius 2 is 2.24 bits per heavy atom. The number of ether oxygens (including phenoxy) is 1. The third-order valence-corrected chi connectivity index (χ3v) is 1.74. The zero-order valence-electron chi connectivity index (χ0n) is 9.17. The number of aromatic nitrogens is 2. The second-order valence-electron chi connectivity index (χ2n) is 3.20. The number of carbonyl (C=O) groups excluding carboxylic acids is 1. The van der Waals surface area contributed by atoms with E-state index in [1.807, 2.05) is 0 Å². The van der Waals surface area contributed by atoms with Gasteiger partial charge in [0, 0.05) is 0 Å². The van der Waals surface area contributed by atoms with Crippen LogP contribution >= 0.6 is 0 Å². The Labute approximate surface area is 101 Å². The summed E-state index contributed by atoms with van der Waals surface area (Å²) in [5.41, 5.74) is 0. The fourth-order valence-corrected chi connectivity index (χ4v) is 1.07. The van der Waals surface area contributed by atoms with Gasteiger partial charge in [-0.2, -0.15) is 0 Å². The van der Waals surface area contributed by atoms with E-state index in [0.29, 0.717) is 0 Å². The first-order chi connectivity index (χ1) is 7.84. The minimum atomic E-state index is -1.90. The second kappa shape index (κ2) is 5.16. The van der Waals surface area contributed by atoms with Crippen molar-refractivity contribution in [2.24, 2.45) is 0 Å². The molecule has 0 saturated heterocycles. The molecule has 1 aromatic heterocycles. The molecule has 0 amide bonds. The molecule has 1 N–H and O–H groups in total. The summed E-state index contributed by atoms with van der Waals surface area (Å²) < 4.78 is 8.96. The summed E-state index contributed by atoms with van der Waals surface area (Å²) >= 11 is 0. The number of aromatic amines is 1. The summed E-state index contributed by atoms with van der Waals surface area (Å²) in [6.07, 6.45) is 0. The first-order valence-electron chi connectivity index (χ1n) is 4.70. The number of hydrogen-bond acceptors (Lipinski definition) is 6. The highest BCUT2D eigenvalue weighted by atomic mass is 16.5. The molecule has 1 rings (SSSR count). The van der Waals surface area contributed by atoms with Gasteiger partial charge in [-0.3, -0.25) is 14.3 Å². The number of carbonyl (C=O) groups is 1. The van der Waals surface area contributed by atoms with Crippen molar-refractivity contribution in [2.45, 2.75) is 12.2 Å². The van der Waals surface area contributed by atoms with Gasteiger partial charge in [0.25, 0.3) is 0 Å². The van der Waals surface area contributed by atoms with E-state index in [4.69, 9.17) is 28.3 Å². The molecule has 0 aliphatic heterocycles. The molecule has 0 saturated carbocycles. The van der Waals surface area contributed by atoms with Crippen molar-refractivity contribution < 1.29 is 14.1 Å². The number of hydrogen-bond donors (Lipinski definition) is 1. The molecule has 1 aromatic rings. The molecule has 0 aliphatic carbocycles. The molecule has 0 fully saturated rings. The first kappa shape index (κ1) is 13.5. The maximum Gasteiger partial charge on any atom is 0.440 e. The van der Waals surface area contributed by atoms with Crippen LogP contribution in [-0.4, -0.2) is 58.0 Å². The Morgan fingerprint density at radius 3 is 2.65 bits per heavy atom. The number of rotatable bonds is 5. The average molecular weight is 231 g/mol. The van der Waals surface area contributed by atoms with Gasteiger partial charge in [-0.1, -0.05) is 5.24 Å². The van der Waals surface area contributed by atoms with Gasteiger partial charge in [0.2, 0.25) is 5.95 Å². The standard InChI is InChI=1S/C7H8B3N3O4/c1-2-16-4(14)3-13(7(8,9)10)5-11-6(15)17-12-5/h2-3H2,1H3,(H,11,12,15). The van der Waals surface area contributed by atoms with Crippen molar-refractivity contribution in [1.82, 2.24) is 10.1 Å².